The van der Waals surface area contributed by atoms with Crippen LogP contribution in [0.15, 0.2) is 52.0 Å². The van der Waals surface area contributed by atoms with E-state index in [2.05, 4.69) is 25.6 Å². The summed E-state index contributed by atoms with van der Waals surface area (Å²) in [7, 11) is -6.81. The van der Waals surface area contributed by atoms with E-state index >= 15 is 0 Å². The second-order valence-electron chi connectivity index (χ2n) is 5.58. The minimum Gasteiger partial charge on any atom is -0.353 e. The normalized spacial score (nSPS) is 17.2. The van der Waals surface area contributed by atoms with E-state index in [9.17, 15) is 16.8 Å². The van der Waals surface area contributed by atoms with Crippen molar-refractivity contribution in [1.29, 1.82) is 0 Å². The second-order valence-corrected chi connectivity index (χ2v) is 10.5. The number of nitrogens with one attached hydrogen (secondary N) is 1. The lowest BCUT2D eigenvalue weighted by molar-refractivity contribution is 0.586. The SMILES string of the molecule is O=S1(=O)CCN(c2ncc(Br)cc2NS(=O)(=O)c2ccccc2)CC1. The van der Waals surface area contributed by atoms with Crippen molar-refractivity contribution in [1.82, 2.24) is 4.98 Å². The molecule has 0 atom stereocenters. The first kappa shape index (κ1) is 18.2. The maximum atomic E-state index is 12.6. The Balaban J connectivity index is 1.93. The average Bonchev–Trinajstić information content (AvgIpc) is 2.56. The lowest BCUT2D eigenvalue weighted by Gasteiger charge is -2.29. The number of sulfone groups is 1. The summed E-state index contributed by atoms with van der Waals surface area (Å²) in [6.45, 7) is 0.550. The Morgan fingerprint density at radius 1 is 1.12 bits per heavy atom. The third-order valence-corrected chi connectivity index (χ3v) is 7.20. The van der Waals surface area contributed by atoms with Gasteiger partial charge in [-0.15, -0.1) is 0 Å². The Kier molecular flexibility index (Phi) is 5.03. The zero-order valence-electron chi connectivity index (χ0n) is 13.1. The number of hydrogen-bond donors (Lipinski definition) is 1. The molecule has 0 bridgehead atoms. The summed E-state index contributed by atoms with van der Waals surface area (Å²) in [6.07, 6.45) is 1.55. The summed E-state index contributed by atoms with van der Waals surface area (Å²) in [5.74, 6) is 0.461. The number of pyridine rings is 1. The van der Waals surface area contributed by atoms with Gasteiger partial charge in [0.15, 0.2) is 15.7 Å². The molecule has 0 radical (unpaired) electrons. The van der Waals surface area contributed by atoms with Crippen LogP contribution in [0.4, 0.5) is 11.5 Å². The topological polar surface area (TPSA) is 96.4 Å². The van der Waals surface area contributed by atoms with E-state index in [1.165, 1.54) is 12.1 Å². The molecular weight excluding hydrogens is 430 g/mol. The number of hydrogen-bond acceptors (Lipinski definition) is 6. The molecule has 1 aromatic heterocycles. The first-order valence-corrected chi connectivity index (χ1v) is 11.6. The molecule has 25 heavy (non-hydrogen) atoms. The van der Waals surface area contributed by atoms with Crippen LogP contribution in [0.2, 0.25) is 0 Å². The average molecular weight is 446 g/mol. The third kappa shape index (κ3) is 4.31. The molecule has 0 amide bonds. The fourth-order valence-corrected chi connectivity index (χ4v) is 5.09. The molecule has 134 valence electrons. The van der Waals surface area contributed by atoms with E-state index in [-0.39, 0.29) is 29.5 Å². The Labute approximate surface area is 155 Å². The fraction of sp³-hybridized carbons (Fsp3) is 0.267. The highest BCUT2D eigenvalue weighted by Gasteiger charge is 2.26. The summed E-state index contributed by atoms with van der Waals surface area (Å²) >= 11 is 3.29. The van der Waals surface area contributed by atoms with Crippen LogP contribution >= 0.6 is 15.9 Å². The van der Waals surface area contributed by atoms with Gasteiger partial charge in [-0.05, 0) is 34.1 Å². The monoisotopic (exact) mass is 445 g/mol. The van der Waals surface area contributed by atoms with Gasteiger partial charge in [-0.1, -0.05) is 18.2 Å². The second kappa shape index (κ2) is 6.93. The van der Waals surface area contributed by atoms with Gasteiger partial charge in [0.05, 0.1) is 22.1 Å². The molecule has 0 spiro atoms. The lowest BCUT2D eigenvalue weighted by Crippen LogP contribution is -2.41. The van der Waals surface area contributed by atoms with Crippen molar-refractivity contribution in [2.24, 2.45) is 0 Å². The number of sulfonamides is 1. The van der Waals surface area contributed by atoms with Gasteiger partial charge in [-0.2, -0.15) is 0 Å². The highest BCUT2D eigenvalue weighted by Crippen LogP contribution is 2.29. The maximum Gasteiger partial charge on any atom is 0.262 e. The van der Waals surface area contributed by atoms with E-state index < -0.39 is 19.9 Å². The van der Waals surface area contributed by atoms with E-state index in [0.29, 0.717) is 16.0 Å². The molecule has 1 saturated heterocycles. The Hall–Kier alpha value is -1.65. The summed E-state index contributed by atoms with van der Waals surface area (Å²) in [6, 6.07) is 9.64. The molecule has 1 aliphatic rings. The summed E-state index contributed by atoms with van der Waals surface area (Å²) < 4.78 is 51.6. The molecule has 1 N–H and O–H groups in total. The van der Waals surface area contributed by atoms with Crippen LogP contribution in [0.1, 0.15) is 0 Å². The van der Waals surface area contributed by atoms with Crippen molar-refractivity contribution < 1.29 is 16.8 Å². The van der Waals surface area contributed by atoms with Gasteiger partial charge in [-0.3, -0.25) is 4.72 Å². The molecule has 1 aliphatic heterocycles. The summed E-state index contributed by atoms with van der Waals surface area (Å²) in [5.41, 5.74) is 0.303. The number of halogens is 1. The van der Waals surface area contributed by atoms with Gasteiger partial charge in [0, 0.05) is 23.8 Å². The van der Waals surface area contributed by atoms with Gasteiger partial charge < -0.3 is 4.90 Å². The van der Waals surface area contributed by atoms with Crippen LogP contribution in [0.25, 0.3) is 0 Å². The highest BCUT2D eigenvalue weighted by atomic mass is 79.9. The van der Waals surface area contributed by atoms with E-state index in [1.807, 2.05) is 0 Å². The van der Waals surface area contributed by atoms with Gasteiger partial charge in [0.1, 0.15) is 0 Å². The molecule has 2 aromatic rings. The lowest BCUT2D eigenvalue weighted by atomic mass is 10.3. The minimum atomic E-state index is -3.77. The van der Waals surface area contributed by atoms with Crippen LogP contribution in [-0.2, 0) is 19.9 Å². The van der Waals surface area contributed by atoms with Crippen molar-refractivity contribution in [3.8, 4) is 0 Å². The van der Waals surface area contributed by atoms with Crippen molar-refractivity contribution in [2.75, 3.05) is 34.2 Å². The first-order chi connectivity index (χ1) is 11.8. The standard InChI is InChI=1S/C15H16BrN3O4S2/c16-12-10-14(18-25(22,23)13-4-2-1-3-5-13)15(17-11-12)19-6-8-24(20,21)9-7-19/h1-5,10-11,18H,6-9H2. The molecule has 2 heterocycles. The molecule has 0 aliphatic carbocycles. The van der Waals surface area contributed by atoms with Crippen molar-refractivity contribution >= 4 is 47.3 Å². The maximum absolute atomic E-state index is 12.6. The fourth-order valence-electron chi connectivity index (χ4n) is 2.49. The van der Waals surface area contributed by atoms with E-state index in [0.717, 1.165) is 0 Å². The van der Waals surface area contributed by atoms with Gasteiger partial charge >= 0.3 is 0 Å². The van der Waals surface area contributed by atoms with Crippen molar-refractivity contribution in [2.45, 2.75) is 4.90 Å². The van der Waals surface area contributed by atoms with Crippen LogP contribution < -0.4 is 9.62 Å². The van der Waals surface area contributed by atoms with Crippen LogP contribution in [0.5, 0.6) is 0 Å². The Bertz CT molecular complexity index is 965. The van der Waals surface area contributed by atoms with Crippen molar-refractivity contribution in [3.63, 3.8) is 0 Å². The zero-order valence-corrected chi connectivity index (χ0v) is 16.3. The molecular formula is C15H16BrN3O4S2. The predicted molar refractivity (Wildman–Crippen MR) is 100 cm³/mol. The van der Waals surface area contributed by atoms with E-state index in [4.69, 9.17) is 0 Å². The first-order valence-electron chi connectivity index (χ1n) is 7.46. The zero-order chi connectivity index (χ0) is 18.1. The predicted octanol–water partition coefficient (Wildman–Crippen LogP) is 1.88. The molecule has 1 fully saturated rings. The summed E-state index contributed by atoms with van der Waals surface area (Å²) in [5, 5.41) is 0. The number of nitrogens with zero attached hydrogens (tertiary/aromatic N) is 2. The number of anilines is 2. The highest BCUT2D eigenvalue weighted by molar-refractivity contribution is 9.10. The Morgan fingerprint density at radius 2 is 1.76 bits per heavy atom. The molecule has 7 nitrogen and oxygen atoms in total. The van der Waals surface area contributed by atoms with Crippen LogP contribution in [0, 0.1) is 0 Å². The molecule has 0 unspecified atom stereocenters. The number of rotatable bonds is 4. The van der Waals surface area contributed by atoms with Crippen LogP contribution in [0.3, 0.4) is 0 Å². The third-order valence-electron chi connectivity index (χ3n) is 3.78. The molecule has 10 heteroatoms. The van der Waals surface area contributed by atoms with Crippen molar-refractivity contribution in [3.05, 3.63) is 47.1 Å². The van der Waals surface area contributed by atoms with Gasteiger partial charge in [-0.25, -0.2) is 21.8 Å². The minimum absolute atomic E-state index is 0.0234. The Morgan fingerprint density at radius 3 is 2.40 bits per heavy atom. The smallest absolute Gasteiger partial charge is 0.262 e. The van der Waals surface area contributed by atoms with Crippen LogP contribution in [-0.4, -0.2) is 46.4 Å². The quantitative estimate of drug-likeness (QED) is 0.771. The summed E-state index contributed by atoms with van der Waals surface area (Å²) in [4.78, 5) is 6.20. The van der Waals surface area contributed by atoms with E-state index in [1.54, 1.807) is 35.4 Å². The molecule has 3 rings (SSSR count). The van der Waals surface area contributed by atoms with Gasteiger partial charge in [0.25, 0.3) is 10.0 Å². The van der Waals surface area contributed by atoms with Gasteiger partial charge in [0.2, 0.25) is 0 Å². The molecule has 1 aromatic carbocycles. The largest absolute Gasteiger partial charge is 0.353 e. The molecule has 0 saturated carbocycles. The number of benzene rings is 1. The number of aromatic nitrogens is 1.